The van der Waals surface area contributed by atoms with Gasteiger partial charge in [0.2, 0.25) is 10.0 Å². The number of rotatable bonds is 6. The summed E-state index contributed by atoms with van der Waals surface area (Å²) in [5, 5.41) is 17.1. The Balaban J connectivity index is 3.42. The molecule has 11 heteroatoms. The van der Waals surface area contributed by atoms with Gasteiger partial charge in [-0.3, -0.25) is 4.79 Å². The van der Waals surface area contributed by atoms with Crippen molar-refractivity contribution in [2.24, 2.45) is 0 Å². The van der Waals surface area contributed by atoms with Gasteiger partial charge in [-0.1, -0.05) is 0 Å². The number of carbonyl (C=O) groups is 2. The molecule has 1 rings (SSSR count). The van der Waals surface area contributed by atoms with Crippen LogP contribution in [0.4, 0.5) is 13.2 Å². The summed E-state index contributed by atoms with van der Waals surface area (Å²) in [6, 6.07) is 0.142. The Morgan fingerprint density at radius 2 is 1.68 bits per heavy atom. The first-order valence-electron chi connectivity index (χ1n) is 5.59. The molecule has 0 unspecified atom stereocenters. The Hall–Kier alpha value is -2.14. The maximum atomic E-state index is 13.6. The van der Waals surface area contributed by atoms with Crippen molar-refractivity contribution in [1.29, 1.82) is 0 Å². The third kappa shape index (κ3) is 3.36. The summed E-state index contributed by atoms with van der Waals surface area (Å²) in [5.41, 5.74) is -1.36. The average molecular weight is 341 g/mol. The monoisotopic (exact) mass is 341 g/mol. The quantitative estimate of drug-likeness (QED) is 0.744. The molecular weight excluding hydrogens is 331 g/mol. The number of hydrogen-bond acceptors (Lipinski definition) is 4. The van der Waals surface area contributed by atoms with E-state index in [-0.39, 0.29) is 6.07 Å². The van der Waals surface area contributed by atoms with Crippen LogP contribution in [0, 0.1) is 17.5 Å². The zero-order chi connectivity index (χ0) is 17.2. The third-order valence-corrected chi connectivity index (χ3v) is 4.53. The van der Waals surface area contributed by atoms with E-state index in [1.807, 2.05) is 0 Å². The molecule has 0 aromatic heterocycles. The molecule has 22 heavy (non-hydrogen) atoms. The van der Waals surface area contributed by atoms with Crippen LogP contribution in [0.25, 0.3) is 0 Å². The van der Waals surface area contributed by atoms with Gasteiger partial charge in [0.05, 0.1) is 12.0 Å². The summed E-state index contributed by atoms with van der Waals surface area (Å²) >= 11 is 0. The minimum atomic E-state index is -4.74. The SMILES string of the molecule is CN(CCC(=O)O)S(=O)(=O)c1cc(C(=O)O)c(F)c(F)c1F. The minimum absolute atomic E-state index is 0.142. The van der Waals surface area contributed by atoms with Gasteiger partial charge in [0.1, 0.15) is 4.90 Å². The number of benzene rings is 1. The molecule has 0 aliphatic rings. The second-order valence-corrected chi connectivity index (χ2v) is 6.15. The van der Waals surface area contributed by atoms with Crippen LogP contribution in [0.5, 0.6) is 0 Å². The fourth-order valence-electron chi connectivity index (χ4n) is 1.47. The summed E-state index contributed by atoms with van der Waals surface area (Å²) in [5.74, 6) is -9.67. The minimum Gasteiger partial charge on any atom is -0.481 e. The van der Waals surface area contributed by atoms with E-state index in [1.54, 1.807) is 0 Å². The van der Waals surface area contributed by atoms with Gasteiger partial charge in [-0.2, -0.15) is 0 Å². The van der Waals surface area contributed by atoms with Crippen LogP contribution in [0.1, 0.15) is 16.8 Å². The molecule has 1 aromatic rings. The molecule has 0 heterocycles. The molecule has 0 fully saturated rings. The molecule has 0 bridgehead atoms. The Morgan fingerprint density at radius 3 is 2.14 bits per heavy atom. The maximum absolute atomic E-state index is 13.6. The molecule has 2 N–H and O–H groups in total. The van der Waals surface area contributed by atoms with Gasteiger partial charge in [-0.15, -0.1) is 0 Å². The van der Waals surface area contributed by atoms with Gasteiger partial charge >= 0.3 is 11.9 Å². The molecule has 122 valence electrons. The predicted molar refractivity (Wildman–Crippen MR) is 65.3 cm³/mol. The summed E-state index contributed by atoms with van der Waals surface area (Å²) in [6.07, 6.45) is -0.618. The molecule has 0 aliphatic heterocycles. The van der Waals surface area contributed by atoms with E-state index in [4.69, 9.17) is 10.2 Å². The Morgan fingerprint density at radius 1 is 1.14 bits per heavy atom. The molecular formula is C11H10F3NO6S. The first kappa shape index (κ1) is 17.9. The van der Waals surface area contributed by atoms with Crippen molar-refractivity contribution < 1.29 is 41.4 Å². The van der Waals surface area contributed by atoms with Crippen LogP contribution in [0.15, 0.2) is 11.0 Å². The maximum Gasteiger partial charge on any atom is 0.338 e. The standard InChI is InChI=1S/C11H10F3NO6S/c1-15(3-2-7(16)17)22(20,21)6-4-5(11(18)19)8(12)10(14)9(6)13/h4H,2-3H2,1H3,(H,16,17)(H,18,19). The van der Waals surface area contributed by atoms with Crippen molar-refractivity contribution in [1.82, 2.24) is 4.31 Å². The number of aromatic carboxylic acids is 1. The van der Waals surface area contributed by atoms with Crippen molar-refractivity contribution >= 4 is 22.0 Å². The number of nitrogens with zero attached hydrogens (tertiary/aromatic N) is 1. The Labute approximate surface area is 122 Å². The first-order valence-corrected chi connectivity index (χ1v) is 7.03. The predicted octanol–water partition coefficient (Wildman–Crippen LogP) is 0.897. The number of aliphatic carboxylic acids is 1. The molecule has 7 nitrogen and oxygen atoms in total. The molecule has 0 atom stereocenters. The number of sulfonamides is 1. The Bertz CT molecular complexity index is 734. The fraction of sp³-hybridized carbons (Fsp3) is 0.273. The number of hydrogen-bond donors (Lipinski definition) is 2. The largest absolute Gasteiger partial charge is 0.481 e. The number of carboxylic acids is 2. The smallest absolute Gasteiger partial charge is 0.338 e. The van der Waals surface area contributed by atoms with Crippen LogP contribution in [-0.4, -0.2) is 48.5 Å². The summed E-state index contributed by atoms with van der Waals surface area (Å²) in [6.45, 7) is -0.571. The highest BCUT2D eigenvalue weighted by Gasteiger charge is 2.31. The number of carboxylic acid groups (broad SMARTS) is 2. The van der Waals surface area contributed by atoms with Gasteiger partial charge in [0.25, 0.3) is 0 Å². The van der Waals surface area contributed by atoms with E-state index >= 15 is 0 Å². The van der Waals surface area contributed by atoms with E-state index < -0.39 is 62.8 Å². The van der Waals surface area contributed by atoms with Crippen LogP contribution in [0.3, 0.4) is 0 Å². The molecule has 0 radical (unpaired) electrons. The lowest BCUT2D eigenvalue weighted by atomic mass is 10.2. The van der Waals surface area contributed by atoms with Crippen LogP contribution in [-0.2, 0) is 14.8 Å². The second-order valence-electron chi connectivity index (χ2n) is 4.14. The van der Waals surface area contributed by atoms with E-state index in [2.05, 4.69) is 0 Å². The van der Waals surface area contributed by atoms with Gasteiger partial charge < -0.3 is 10.2 Å². The lowest BCUT2D eigenvalue weighted by Gasteiger charge is -2.17. The average Bonchev–Trinajstić information content (AvgIpc) is 2.41. The van der Waals surface area contributed by atoms with E-state index in [0.29, 0.717) is 4.31 Å². The van der Waals surface area contributed by atoms with Crippen molar-refractivity contribution in [2.75, 3.05) is 13.6 Å². The highest BCUT2D eigenvalue weighted by molar-refractivity contribution is 7.89. The molecule has 0 saturated carbocycles. The lowest BCUT2D eigenvalue weighted by Crippen LogP contribution is -2.30. The van der Waals surface area contributed by atoms with E-state index in [9.17, 15) is 31.2 Å². The molecule has 0 saturated heterocycles. The van der Waals surface area contributed by atoms with Crippen LogP contribution < -0.4 is 0 Å². The van der Waals surface area contributed by atoms with E-state index in [0.717, 1.165) is 7.05 Å². The zero-order valence-electron chi connectivity index (χ0n) is 11.0. The van der Waals surface area contributed by atoms with Gasteiger partial charge in [0.15, 0.2) is 17.5 Å². The summed E-state index contributed by atoms with van der Waals surface area (Å²) in [4.78, 5) is 19.7. The van der Waals surface area contributed by atoms with Gasteiger partial charge in [0, 0.05) is 13.6 Å². The van der Waals surface area contributed by atoms with Crippen LogP contribution in [0.2, 0.25) is 0 Å². The Kier molecular flexibility index (Phi) is 5.14. The van der Waals surface area contributed by atoms with Crippen molar-refractivity contribution in [2.45, 2.75) is 11.3 Å². The second kappa shape index (κ2) is 6.32. The molecule has 1 aromatic carbocycles. The zero-order valence-corrected chi connectivity index (χ0v) is 11.8. The van der Waals surface area contributed by atoms with Crippen molar-refractivity contribution in [3.05, 3.63) is 29.1 Å². The third-order valence-electron chi connectivity index (χ3n) is 2.67. The molecule has 0 aliphatic carbocycles. The number of halogens is 3. The van der Waals surface area contributed by atoms with Crippen molar-refractivity contribution in [3.63, 3.8) is 0 Å². The van der Waals surface area contributed by atoms with Crippen molar-refractivity contribution in [3.8, 4) is 0 Å². The highest BCUT2D eigenvalue weighted by Crippen LogP contribution is 2.25. The molecule has 0 spiro atoms. The van der Waals surface area contributed by atoms with Gasteiger partial charge in [-0.05, 0) is 6.07 Å². The summed E-state index contributed by atoms with van der Waals surface area (Å²) in [7, 11) is -3.85. The molecule has 0 amide bonds. The lowest BCUT2D eigenvalue weighted by molar-refractivity contribution is -0.137. The van der Waals surface area contributed by atoms with Gasteiger partial charge in [-0.25, -0.2) is 30.7 Å². The fourth-order valence-corrected chi connectivity index (χ4v) is 2.72. The highest BCUT2D eigenvalue weighted by atomic mass is 32.2. The topological polar surface area (TPSA) is 112 Å². The first-order chi connectivity index (χ1) is 10.00. The van der Waals surface area contributed by atoms with E-state index in [1.165, 1.54) is 0 Å². The van der Waals surface area contributed by atoms with Crippen LogP contribution >= 0.6 is 0 Å². The summed E-state index contributed by atoms with van der Waals surface area (Å²) < 4.78 is 64.6. The normalized spacial score (nSPS) is 11.7.